The average molecular weight is 175 g/mol. The molecule has 66 valence electrons. The summed E-state index contributed by atoms with van der Waals surface area (Å²) in [5.74, 6) is -0.0866. The van der Waals surface area contributed by atoms with Gasteiger partial charge in [0.25, 0.3) is 5.91 Å². The van der Waals surface area contributed by atoms with Crippen molar-refractivity contribution in [2.75, 3.05) is 7.05 Å². The summed E-state index contributed by atoms with van der Waals surface area (Å²) in [6.45, 7) is 0. The number of benzene rings is 1. The molecule has 1 aromatic carbocycles. The molecule has 0 saturated heterocycles. The van der Waals surface area contributed by atoms with Gasteiger partial charge in [0.2, 0.25) is 0 Å². The first-order valence-corrected chi connectivity index (χ1v) is 3.96. The number of amides is 1. The van der Waals surface area contributed by atoms with Gasteiger partial charge in [-0.25, -0.2) is 4.98 Å². The van der Waals surface area contributed by atoms with Crippen LogP contribution in [0.5, 0.6) is 0 Å². The monoisotopic (exact) mass is 175 g/mol. The molecule has 0 radical (unpaired) electrons. The number of aromatic nitrogens is 2. The molecule has 0 saturated carbocycles. The highest BCUT2D eigenvalue weighted by Gasteiger charge is 2.04. The zero-order valence-electron chi connectivity index (χ0n) is 7.16. The Balaban J connectivity index is 2.54. The molecule has 2 aromatic rings. The van der Waals surface area contributed by atoms with Crippen LogP contribution in [0.2, 0.25) is 0 Å². The highest BCUT2D eigenvalue weighted by molar-refractivity contribution is 5.97. The molecule has 1 amide bonds. The molecule has 4 heteroatoms. The third-order valence-electron chi connectivity index (χ3n) is 1.91. The zero-order chi connectivity index (χ0) is 9.26. The van der Waals surface area contributed by atoms with Crippen LogP contribution in [0.1, 0.15) is 10.4 Å². The van der Waals surface area contributed by atoms with Crippen molar-refractivity contribution in [3.05, 3.63) is 30.1 Å². The molecule has 0 fully saturated rings. The normalized spacial score (nSPS) is 10.2. The number of aromatic amines is 1. The number of nitrogens with zero attached hydrogens (tertiary/aromatic N) is 1. The highest BCUT2D eigenvalue weighted by Crippen LogP contribution is 2.10. The minimum Gasteiger partial charge on any atom is -0.355 e. The number of carbonyl (C=O) groups excluding carboxylic acids is 1. The number of nitrogens with one attached hydrogen (secondary N) is 2. The standard InChI is InChI=1S/C9H9N3O/c1-10-9(13)6-2-3-7-8(4-6)12-5-11-7/h2-5H,1H3,(H,10,13)(H,11,12). The number of hydrogen-bond donors (Lipinski definition) is 2. The fraction of sp³-hybridized carbons (Fsp3) is 0.111. The van der Waals surface area contributed by atoms with Gasteiger partial charge < -0.3 is 10.3 Å². The van der Waals surface area contributed by atoms with E-state index in [-0.39, 0.29) is 5.91 Å². The van der Waals surface area contributed by atoms with Crippen molar-refractivity contribution in [3.63, 3.8) is 0 Å². The minimum absolute atomic E-state index is 0.0866. The van der Waals surface area contributed by atoms with Gasteiger partial charge >= 0.3 is 0 Å². The lowest BCUT2D eigenvalue weighted by atomic mass is 10.2. The SMILES string of the molecule is CNC(=O)c1ccc2nc[nH]c2c1. The van der Waals surface area contributed by atoms with Gasteiger partial charge in [0, 0.05) is 12.6 Å². The second kappa shape index (κ2) is 2.90. The molecule has 0 bridgehead atoms. The second-order valence-corrected chi connectivity index (χ2v) is 2.71. The van der Waals surface area contributed by atoms with Gasteiger partial charge in [0.1, 0.15) is 0 Å². The van der Waals surface area contributed by atoms with E-state index >= 15 is 0 Å². The van der Waals surface area contributed by atoms with E-state index < -0.39 is 0 Å². The highest BCUT2D eigenvalue weighted by atomic mass is 16.1. The van der Waals surface area contributed by atoms with Crippen molar-refractivity contribution in [1.82, 2.24) is 15.3 Å². The zero-order valence-corrected chi connectivity index (χ0v) is 7.16. The van der Waals surface area contributed by atoms with Crippen LogP contribution < -0.4 is 5.32 Å². The summed E-state index contributed by atoms with van der Waals surface area (Å²) in [6, 6.07) is 5.35. The van der Waals surface area contributed by atoms with Gasteiger partial charge in [-0.2, -0.15) is 0 Å². The third-order valence-corrected chi connectivity index (χ3v) is 1.91. The van der Waals surface area contributed by atoms with E-state index in [0.717, 1.165) is 11.0 Å². The molecule has 0 aliphatic rings. The molecule has 0 unspecified atom stereocenters. The van der Waals surface area contributed by atoms with Gasteiger partial charge in [-0.05, 0) is 18.2 Å². The van der Waals surface area contributed by atoms with Crippen molar-refractivity contribution in [2.24, 2.45) is 0 Å². The summed E-state index contributed by atoms with van der Waals surface area (Å²) < 4.78 is 0. The number of imidazole rings is 1. The van der Waals surface area contributed by atoms with E-state index in [1.54, 1.807) is 25.5 Å². The van der Waals surface area contributed by atoms with E-state index in [1.165, 1.54) is 0 Å². The van der Waals surface area contributed by atoms with Crippen molar-refractivity contribution in [3.8, 4) is 0 Å². The molecule has 0 spiro atoms. The van der Waals surface area contributed by atoms with E-state index in [0.29, 0.717) is 5.56 Å². The summed E-state index contributed by atoms with van der Waals surface area (Å²) in [7, 11) is 1.61. The number of H-pyrrole nitrogens is 1. The Morgan fingerprint density at radius 2 is 2.38 bits per heavy atom. The summed E-state index contributed by atoms with van der Waals surface area (Å²) in [4.78, 5) is 18.2. The minimum atomic E-state index is -0.0866. The van der Waals surface area contributed by atoms with Gasteiger partial charge in [-0.3, -0.25) is 4.79 Å². The molecule has 0 atom stereocenters. The maximum absolute atomic E-state index is 11.2. The summed E-state index contributed by atoms with van der Waals surface area (Å²) in [5, 5.41) is 2.56. The molecule has 2 rings (SSSR count). The van der Waals surface area contributed by atoms with Crippen LogP contribution in [0.15, 0.2) is 24.5 Å². The molecule has 0 aliphatic carbocycles. The summed E-state index contributed by atoms with van der Waals surface area (Å²) in [6.07, 6.45) is 1.61. The molecule has 1 aromatic heterocycles. The smallest absolute Gasteiger partial charge is 0.251 e. The fourth-order valence-electron chi connectivity index (χ4n) is 1.22. The Morgan fingerprint density at radius 3 is 3.15 bits per heavy atom. The van der Waals surface area contributed by atoms with Crippen molar-refractivity contribution < 1.29 is 4.79 Å². The van der Waals surface area contributed by atoms with E-state index in [2.05, 4.69) is 15.3 Å². The largest absolute Gasteiger partial charge is 0.355 e. The van der Waals surface area contributed by atoms with Crippen LogP contribution in [0, 0.1) is 0 Å². The first kappa shape index (κ1) is 7.79. The maximum atomic E-state index is 11.2. The number of carbonyl (C=O) groups is 1. The molecular formula is C9H9N3O. The number of hydrogen-bond acceptors (Lipinski definition) is 2. The van der Waals surface area contributed by atoms with Crippen molar-refractivity contribution >= 4 is 16.9 Å². The first-order chi connectivity index (χ1) is 6.31. The van der Waals surface area contributed by atoms with Crippen molar-refractivity contribution in [1.29, 1.82) is 0 Å². The van der Waals surface area contributed by atoms with Crippen LogP contribution in [0.3, 0.4) is 0 Å². The lowest BCUT2D eigenvalue weighted by Crippen LogP contribution is -2.17. The van der Waals surface area contributed by atoms with E-state index in [1.807, 2.05) is 6.07 Å². The lowest BCUT2D eigenvalue weighted by molar-refractivity contribution is 0.0963. The molecule has 2 N–H and O–H groups in total. The lowest BCUT2D eigenvalue weighted by Gasteiger charge is -1.98. The molecule has 1 heterocycles. The Labute approximate surface area is 75.0 Å². The molecule has 4 nitrogen and oxygen atoms in total. The predicted molar refractivity (Wildman–Crippen MR) is 49.5 cm³/mol. The van der Waals surface area contributed by atoms with Gasteiger partial charge in [0.15, 0.2) is 0 Å². The Hall–Kier alpha value is -1.84. The van der Waals surface area contributed by atoms with Crippen LogP contribution >= 0.6 is 0 Å². The maximum Gasteiger partial charge on any atom is 0.251 e. The van der Waals surface area contributed by atoms with Crippen LogP contribution in [0.25, 0.3) is 11.0 Å². The third kappa shape index (κ3) is 1.26. The van der Waals surface area contributed by atoms with Crippen LogP contribution in [-0.2, 0) is 0 Å². The Bertz CT molecular complexity index is 447. The van der Waals surface area contributed by atoms with Crippen LogP contribution in [-0.4, -0.2) is 22.9 Å². The Kier molecular flexibility index (Phi) is 1.73. The first-order valence-electron chi connectivity index (χ1n) is 3.96. The number of rotatable bonds is 1. The summed E-state index contributed by atoms with van der Waals surface area (Å²) >= 11 is 0. The fourth-order valence-corrected chi connectivity index (χ4v) is 1.22. The van der Waals surface area contributed by atoms with Gasteiger partial charge in [-0.1, -0.05) is 0 Å². The predicted octanol–water partition coefficient (Wildman–Crippen LogP) is 0.922. The Morgan fingerprint density at radius 1 is 1.54 bits per heavy atom. The van der Waals surface area contributed by atoms with Gasteiger partial charge in [0.05, 0.1) is 17.4 Å². The van der Waals surface area contributed by atoms with E-state index in [4.69, 9.17) is 0 Å². The quantitative estimate of drug-likeness (QED) is 0.677. The van der Waals surface area contributed by atoms with Crippen molar-refractivity contribution in [2.45, 2.75) is 0 Å². The summed E-state index contributed by atoms with van der Waals surface area (Å²) in [5.41, 5.74) is 2.38. The molecule has 0 aliphatic heterocycles. The molecular weight excluding hydrogens is 166 g/mol. The number of fused-ring (bicyclic) bond motifs is 1. The second-order valence-electron chi connectivity index (χ2n) is 2.71. The average Bonchev–Trinajstić information content (AvgIpc) is 2.63. The van der Waals surface area contributed by atoms with Crippen LogP contribution in [0.4, 0.5) is 0 Å². The topological polar surface area (TPSA) is 57.8 Å². The van der Waals surface area contributed by atoms with E-state index in [9.17, 15) is 4.79 Å². The molecule has 13 heavy (non-hydrogen) atoms. The van der Waals surface area contributed by atoms with Gasteiger partial charge in [-0.15, -0.1) is 0 Å².